The molecule has 2 heterocycles. The molecule has 0 radical (unpaired) electrons. The van der Waals surface area contributed by atoms with Crippen molar-refractivity contribution in [3.63, 3.8) is 0 Å². The quantitative estimate of drug-likeness (QED) is 0.496. The maximum Gasteiger partial charge on any atom is 0.338 e. The molecule has 1 aliphatic rings. The van der Waals surface area contributed by atoms with Gasteiger partial charge in [0.15, 0.2) is 0 Å². The van der Waals surface area contributed by atoms with Crippen molar-refractivity contribution in [2.75, 3.05) is 6.61 Å². The number of benzene rings is 2. The number of carbonyl (C=O) groups is 2. The predicted octanol–water partition coefficient (Wildman–Crippen LogP) is 2.61. The van der Waals surface area contributed by atoms with Gasteiger partial charge in [-0.25, -0.2) is 18.4 Å². The Bertz CT molecular complexity index is 1600. The van der Waals surface area contributed by atoms with Gasteiger partial charge in [0.2, 0.25) is 0 Å². The van der Waals surface area contributed by atoms with Crippen LogP contribution in [0, 0.1) is 11.6 Å². The number of fused-ring (bicyclic) bond motifs is 1. The molecule has 37 heavy (non-hydrogen) atoms. The average molecular weight is 527 g/mol. The number of rotatable bonds is 6. The molecule has 0 bridgehead atoms. The van der Waals surface area contributed by atoms with Crippen molar-refractivity contribution < 1.29 is 27.8 Å². The molecule has 0 aliphatic carbocycles. The molecule has 10 heteroatoms. The van der Waals surface area contributed by atoms with Crippen molar-refractivity contribution in [3.05, 3.63) is 96.4 Å². The van der Waals surface area contributed by atoms with Gasteiger partial charge in [-0.05, 0) is 39.0 Å². The maximum atomic E-state index is 15.1. The van der Waals surface area contributed by atoms with Gasteiger partial charge < -0.3 is 15.2 Å². The third-order valence-corrected chi connectivity index (χ3v) is 6.72. The van der Waals surface area contributed by atoms with Crippen LogP contribution in [-0.4, -0.2) is 29.2 Å². The average Bonchev–Trinajstić information content (AvgIpc) is 3.16. The summed E-state index contributed by atoms with van der Waals surface area (Å²) in [5, 5.41) is 0. The van der Waals surface area contributed by atoms with E-state index < -0.39 is 41.2 Å². The number of hydrogen-bond donors (Lipinski definition) is 1. The summed E-state index contributed by atoms with van der Waals surface area (Å²) in [7, 11) is 0. The first-order valence-electron chi connectivity index (χ1n) is 11.5. The molecule has 1 aliphatic heterocycles. The van der Waals surface area contributed by atoms with Gasteiger partial charge in [0, 0.05) is 11.1 Å². The highest BCUT2D eigenvalue weighted by Crippen LogP contribution is 2.39. The van der Waals surface area contributed by atoms with E-state index in [-0.39, 0.29) is 43.9 Å². The lowest BCUT2D eigenvalue weighted by Crippen LogP contribution is -2.42. The number of thiazole rings is 1. The standard InChI is InChI=1S/C27H24F2N2O5S/c1-4-35-26(33)21-20(16-10-6-8-12-18(16)29)22(27(34)36-14(2)3)25-31(23(21)30)24(32)19(37-25)13-15-9-5-7-11-17(15)28/h5-14,20H,4,30H2,1-3H3/b19-13-. The minimum atomic E-state index is -1.31. The molecular weight excluding hydrogens is 502 g/mol. The molecule has 4 rings (SSSR count). The summed E-state index contributed by atoms with van der Waals surface area (Å²) in [4.78, 5) is 40.1. The van der Waals surface area contributed by atoms with Gasteiger partial charge in [-0.3, -0.25) is 9.36 Å². The summed E-state index contributed by atoms with van der Waals surface area (Å²) in [6.45, 7) is 4.82. The third-order valence-electron chi connectivity index (χ3n) is 5.61. The van der Waals surface area contributed by atoms with Gasteiger partial charge in [0.05, 0.1) is 34.3 Å². The number of carbonyl (C=O) groups excluding carboxylic acids is 2. The maximum absolute atomic E-state index is 15.1. The van der Waals surface area contributed by atoms with Gasteiger partial charge in [-0.15, -0.1) is 11.3 Å². The highest BCUT2D eigenvalue weighted by atomic mass is 32.1. The summed E-state index contributed by atoms with van der Waals surface area (Å²) in [6.07, 6.45) is 0.772. The lowest BCUT2D eigenvalue weighted by atomic mass is 9.83. The fraction of sp³-hybridized carbons (Fsp3) is 0.222. The number of aromatic nitrogens is 1. The van der Waals surface area contributed by atoms with Crippen molar-refractivity contribution in [1.82, 2.24) is 4.57 Å². The van der Waals surface area contributed by atoms with E-state index in [0.717, 1.165) is 15.9 Å². The van der Waals surface area contributed by atoms with Crippen LogP contribution in [0.15, 0.2) is 58.9 Å². The van der Waals surface area contributed by atoms with Crippen LogP contribution in [0.2, 0.25) is 0 Å². The Morgan fingerprint density at radius 1 is 1.05 bits per heavy atom. The van der Waals surface area contributed by atoms with Crippen LogP contribution < -0.4 is 20.5 Å². The van der Waals surface area contributed by atoms with E-state index in [2.05, 4.69) is 0 Å². The van der Waals surface area contributed by atoms with E-state index in [1.165, 1.54) is 42.5 Å². The molecule has 0 saturated carbocycles. The zero-order valence-electron chi connectivity index (χ0n) is 20.3. The molecule has 0 fully saturated rings. The Hall–Kier alpha value is -4.05. The second-order valence-electron chi connectivity index (χ2n) is 8.42. The van der Waals surface area contributed by atoms with Crippen LogP contribution in [0.1, 0.15) is 37.8 Å². The van der Waals surface area contributed by atoms with Crippen LogP contribution in [0.3, 0.4) is 0 Å². The van der Waals surface area contributed by atoms with Crippen molar-refractivity contribution in [2.45, 2.75) is 32.8 Å². The van der Waals surface area contributed by atoms with E-state index in [4.69, 9.17) is 15.2 Å². The Balaban J connectivity index is 2.15. The van der Waals surface area contributed by atoms with Crippen molar-refractivity contribution in [1.29, 1.82) is 0 Å². The first-order chi connectivity index (χ1) is 17.6. The van der Waals surface area contributed by atoms with Crippen LogP contribution >= 0.6 is 11.3 Å². The molecule has 2 aromatic carbocycles. The summed E-state index contributed by atoms with van der Waals surface area (Å²) >= 11 is 0.866. The summed E-state index contributed by atoms with van der Waals surface area (Å²) in [5.74, 6) is -4.64. The van der Waals surface area contributed by atoms with Crippen LogP contribution in [-0.2, 0) is 19.1 Å². The number of nitrogens with two attached hydrogens (primary N) is 1. The highest BCUT2D eigenvalue weighted by Gasteiger charge is 2.41. The normalized spacial score (nSPS) is 15.7. The van der Waals surface area contributed by atoms with Gasteiger partial charge in [0.1, 0.15) is 22.1 Å². The second kappa shape index (κ2) is 10.5. The molecule has 0 saturated heterocycles. The van der Waals surface area contributed by atoms with E-state index in [0.29, 0.717) is 0 Å². The molecule has 1 unspecified atom stereocenters. The molecule has 1 aromatic heterocycles. The monoisotopic (exact) mass is 526 g/mol. The minimum absolute atomic E-state index is 0.0176. The van der Waals surface area contributed by atoms with Crippen molar-refractivity contribution >= 4 is 40.7 Å². The zero-order chi connectivity index (χ0) is 26.9. The lowest BCUT2D eigenvalue weighted by molar-refractivity contribution is -0.140. The number of halogens is 2. The largest absolute Gasteiger partial charge is 0.463 e. The molecule has 192 valence electrons. The van der Waals surface area contributed by atoms with E-state index in [9.17, 15) is 18.8 Å². The predicted molar refractivity (Wildman–Crippen MR) is 136 cm³/mol. The molecule has 2 N–H and O–H groups in total. The van der Waals surface area contributed by atoms with Crippen molar-refractivity contribution in [2.24, 2.45) is 5.73 Å². The van der Waals surface area contributed by atoms with Gasteiger partial charge >= 0.3 is 11.9 Å². The molecule has 1 atom stereocenters. The summed E-state index contributed by atoms with van der Waals surface area (Å²) < 4.78 is 41.2. The molecule has 0 amide bonds. The molecule has 3 aromatic rings. The van der Waals surface area contributed by atoms with Gasteiger partial charge in [-0.2, -0.15) is 0 Å². The van der Waals surface area contributed by atoms with Crippen LogP contribution in [0.25, 0.3) is 17.5 Å². The fourth-order valence-electron chi connectivity index (χ4n) is 4.09. The minimum Gasteiger partial charge on any atom is -0.463 e. The lowest BCUT2D eigenvalue weighted by Gasteiger charge is -2.27. The number of nitrogens with zero attached hydrogens (tertiary/aromatic N) is 1. The van der Waals surface area contributed by atoms with Crippen molar-refractivity contribution in [3.8, 4) is 0 Å². The zero-order valence-corrected chi connectivity index (χ0v) is 21.1. The number of ether oxygens (including phenoxy) is 2. The van der Waals surface area contributed by atoms with E-state index >= 15 is 4.39 Å². The Labute approximate surface area is 214 Å². The van der Waals surface area contributed by atoms with E-state index in [1.807, 2.05) is 0 Å². The first kappa shape index (κ1) is 26.0. The summed E-state index contributed by atoms with van der Waals surface area (Å²) in [6, 6.07) is 11.5. The van der Waals surface area contributed by atoms with Gasteiger partial charge in [-0.1, -0.05) is 36.4 Å². The second-order valence-corrected chi connectivity index (χ2v) is 9.45. The topological polar surface area (TPSA) is 101 Å². The first-order valence-corrected chi connectivity index (χ1v) is 12.3. The Morgan fingerprint density at radius 3 is 2.32 bits per heavy atom. The molecule has 7 nitrogen and oxygen atoms in total. The molecular formula is C27H24F2N2O5S. The van der Waals surface area contributed by atoms with E-state index in [1.54, 1.807) is 32.9 Å². The Morgan fingerprint density at radius 2 is 1.70 bits per heavy atom. The summed E-state index contributed by atoms with van der Waals surface area (Å²) in [5.41, 5.74) is 5.40. The fourth-order valence-corrected chi connectivity index (χ4v) is 5.24. The molecule has 0 spiro atoms. The number of hydrogen-bond acceptors (Lipinski definition) is 7. The Kier molecular flexibility index (Phi) is 7.40. The highest BCUT2D eigenvalue weighted by molar-refractivity contribution is 7.07. The van der Waals surface area contributed by atoms with Gasteiger partial charge in [0.25, 0.3) is 5.56 Å². The van der Waals surface area contributed by atoms with Crippen LogP contribution in [0.4, 0.5) is 8.78 Å². The smallest absolute Gasteiger partial charge is 0.338 e. The SMILES string of the molecule is CCOC(=O)C1=C(N)n2c(s/c(=C\c3ccccc3F)c2=O)=C(C(=O)OC(C)C)C1c1ccccc1F. The third kappa shape index (κ3) is 4.84. The van der Waals surface area contributed by atoms with Crippen LogP contribution in [0.5, 0.6) is 0 Å². The number of esters is 2.